The quantitative estimate of drug-likeness (QED) is 0.542. The maximum Gasteiger partial charge on any atom is 0.333 e. The Labute approximate surface area is 149 Å². The molecule has 1 saturated heterocycles. The second-order valence-corrected chi connectivity index (χ2v) is 6.18. The molecule has 1 aliphatic carbocycles. The van der Waals surface area contributed by atoms with E-state index in [-0.39, 0.29) is 11.1 Å². The number of imide groups is 2. The normalized spacial score (nSPS) is 16.8. The van der Waals surface area contributed by atoms with E-state index in [0.717, 1.165) is 20.9 Å². The van der Waals surface area contributed by atoms with Crippen molar-refractivity contribution >= 4 is 29.2 Å². The number of nitrogens with zero attached hydrogens (tertiary/aromatic N) is 2. The number of hydrogen-bond donors (Lipinski definition) is 0. The third kappa shape index (κ3) is 1.99. The minimum absolute atomic E-state index is 0.0421. The molecule has 2 aromatic rings. The topological polar surface area (TPSA) is 74.8 Å². The summed E-state index contributed by atoms with van der Waals surface area (Å²) in [6.45, 7) is 0. The summed E-state index contributed by atoms with van der Waals surface area (Å²) in [5.41, 5.74) is 2.24. The molecule has 0 unspecified atom stereocenters. The molecule has 0 atom stereocenters. The number of Topliss-reactive ketones (excluding diaryl/α,β-unsaturated/α-hetero) is 1. The van der Waals surface area contributed by atoms with Gasteiger partial charge in [0.05, 0.1) is 0 Å². The van der Waals surface area contributed by atoms with Crippen LogP contribution in [0, 0.1) is 0 Å². The van der Waals surface area contributed by atoms with Crippen molar-refractivity contribution in [3.63, 3.8) is 0 Å². The van der Waals surface area contributed by atoms with Crippen molar-refractivity contribution in [1.29, 1.82) is 0 Å². The second kappa shape index (κ2) is 5.49. The van der Waals surface area contributed by atoms with E-state index >= 15 is 0 Å². The molecule has 1 aliphatic heterocycles. The number of carbonyl (C=O) groups excluding carboxylic acids is 4. The molecule has 1 fully saturated rings. The van der Waals surface area contributed by atoms with Crippen LogP contribution in [0.5, 0.6) is 0 Å². The molecule has 2 aliphatic rings. The van der Waals surface area contributed by atoms with E-state index in [1.807, 2.05) is 24.3 Å². The Hall–Kier alpha value is -3.54. The zero-order valence-electron chi connectivity index (χ0n) is 14.1. The standard InChI is InChI=1S/C20H14N2O4/c1-21-18(24)16(19(25)22(2)20(21)26)15-13-9-5-3-7-11(13)12-8-4-6-10-14(12)17(15)23/h3-10H,1-2H3. The largest absolute Gasteiger partial charge is 0.333 e. The van der Waals surface area contributed by atoms with Crippen LogP contribution in [0.3, 0.4) is 0 Å². The predicted molar refractivity (Wildman–Crippen MR) is 94.1 cm³/mol. The van der Waals surface area contributed by atoms with E-state index in [2.05, 4.69) is 0 Å². The Bertz CT molecular complexity index is 1030. The number of amides is 4. The highest BCUT2D eigenvalue weighted by molar-refractivity contribution is 6.45. The van der Waals surface area contributed by atoms with Gasteiger partial charge in [-0.15, -0.1) is 0 Å². The molecule has 2 aromatic carbocycles. The van der Waals surface area contributed by atoms with Crippen molar-refractivity contribution in [2.75, 3.05) is 14.1 Å². The Morgan fingerprint density at radius 3 is 1.54 bits per heavy atom. The Morgan fingerprint density at radius 1 is 0.577 bits per heavy atom. The molecule has 6 nitrogen and oxygen atoms in total. The molecule has 0 saturated carbocycles. The van der Waals surface area contributed by atoms with Crippen LogP contribution in [0.4, 0.5) is 4.79 Å². The van der Waals surface area contributed by atoms with E-state index in [1.165, 1.54) is 14.1 Å². The van der Waals surface area contributed by atoms with Crippen molar-refractivity contribution in [3.05, 3.63) is 65.2 Å². The van der Waals surface area contributed by atoms with Crippen LogP contribution in [-0.4, -0.2) is 47.5 Å². The Balaban J connectivity index is 2.08. The third-order valence-electron chi connectivity index (χ3n) is 4.75. The number of barbiturate groups is 1. The van der Waals surface area contributed by atoms with Crippen LogP contribution >= 0.6 is 0 Å². The summed E-state index contributed by atoms with van der Waals surface area (Å²) in [5, 5.41) is 0. The van der Waals surface area contributed by atoms with Gasteiger partial charge in [-0.05, 0) is 16.7 Å². The zero-order valence-corrected chi connectivity index (χ0v) is 14.1. The molecule has 26 heavy (non-hydrogen) atoms. The fourth-order valence-corrected chi connectivity index (χ4v) is 3.40. The number of urea groups is 1. The monoisotopic (exact) mass is 346 g/mol. The molecule has 0 radical (unpaired) electrons. The number of ketones is 1. The van der Waals surface area contributed by atoms with Crippen molar-refractivity contribution in [2.24, 2.45) is 0 Å². The first-order valence-electron chi connectivity index (χ1n) is 8.01. The van der Waals surface area contributed by atoms with Gasteiger partial charge in [-0.25, -0.2) is 4.79 Å². The molecule has 0 bridgehead atoms. The summed E-state index contributed by atoms with van der Waals surface area (Å²) >= 11 is 0. The van der Waals surface area contributed by atoms with Crippen LogP contribution in [-0.2, 0) is 9.59 Å². The molecular weight excluding hydrogens is 332 g/mol. The van der Waals surface area contributed by atoms with E-state index < -0.39 is 23.6 Å². The number of fused-ring (bicyclic) bond motifs is 3. The number of hydrogen-bond acceptors (Lipinski definition) is 4. The maximum atomic E-state index is 13.2. The summed E-state index contributed by atoms with van der Waals surface area (Å²) < 4.78 is 0. The summed E-state index contributed by atoms with van der Waals surface area (Å²) in [6, 6.07) is 13.5. The SMILES string of the molecule is CN1C(=O)C(=C2C(=O)c3ccccc3-c3ccccc32)C(=O)N(C)C1=O. The molecule has 4 amide bonds. The summed E-state index contributed by atoms with van der Waals surface area (Å²) in [6.07, 6.45) is 0. The van der Waals surface area contributed by atoms with Crippen LogP contribution in [0.1, 0.15) is 15.9 Å². The molecule has 0 spiro atoms. The first-order valence-corrected chi connectivity index (χ1v) is 8.01. The molecule has 128 valence electrons. The lowest BCUT2D eigenvalue weighted by Gasteiger charge is -2.31. The predicted octanol–water partition coefficient (Wildman–Crippen LogP) is 2.35. The van der Waals surface area contributed by atoms with E-state index in [9.17, 15) is 19.2 Å². The third-order valence-corrected chi connectivity index (χ3v) is 4.75. The number of benzene rings is 2. The lowest BCUT2D eigenvalue weighted by Crippen LogP contribution is -2.53. The van der Waals surface area contributed by atoms with Gasteiger partial charge in [-0.1, -0.05) is 48.5 Å². The van der Waals surface area contributed by atoms with Gasteiger partial charge in [0.2, 0.25) is 0 Å². The summed E-state index contributed by atoms with van der Waals surface area (Å²) in [4.78, 5) is 52.3. The lowest BCUT2D eigenvalue weighted by atomic mass is 9.79. The number of rotatable bonds is 0. The fraction of sp³-hybridized carbons (Fsp3) is 0.100. The molecule has 0 N–H and O–H groups in total. The maximum absolute atomic E-state index is 13.2. The van der Waals surface area contributed by atoms with Crippen molar-refractivity contribution in [3.8, 4) is 11.1 Å². The smallest absolute Gasteiger partial charge is 0.289 e. The first-order chi connectivity index (χ1) is 12.4. The average Bonchev–Trinajstić information content (AvgIpc) is 2.67. The number of likely N-dealkylation sites (N-methyl/N-ethyl adjacent to an activating group) is 2. The minimum atomic E-state index is -0.768. The van der Waals surface area contributed by atoms with Crippen LogP contribution in [0.25, 0.3) is 16.7 Å². The Morgan fingerprint density at radius 2 is 1.00 bits per heavy atom. The Kier molecular flexibility index (Phi) is 3.37. The fourth-order valence-electron chi connectivity index (χ4n) is 3.40. The van der Waals surface area contributed by atoms with Gasteiger partial charge in [-0.3, -0.25) is 24.2 Å². The van der Waals surface area contributed by atoms with E-state index in [0.29, 0.717) is 11.1 Å². The first kappa shape index (κ1) is 16.0. The van der Waals surface area contributed by atoms with Gasteiger partial charge in [0, 0.05) is 25.2 Å². The van der Waals surface area contributed by atoms with Gasteiger partial charge in [-0.2, -0.15) is 0 Å². The van der Waals surface area contributed by atoms with Gasteiger partial charge >= 0.3 is 6.03 Å². The van der Waals surface area contributed by atoms with Crippen LogP contribution in [0.15, 0.2) is 54.1 Å². The summed E-state index contributed by atoms with van der Waals surface area (Å²) in [7, 11) is 2.59. The van der Waals surface area contributed by atoms with Crippen LogP contribution in [0.2, 0.25) is 0 Å². The number of allylic oxidation sites excluding steroid dienone is 1. The zero-order chi connectivity index (χ0) is 18.6. The van der Waals surface area contributed by atoms with E-state index in [4.69, 9.17) is 0 Å². The van der Waals surface area contributed by atoms with Crippen molar-refractivity contribution < 1.29 is 19.2 Å². The average molecular weight is 346 g/mol. The highest BCUT2D eigenvalue weighted by Crippen LogP contribution is 2.41. The minimum Gasteiger partial charge on any atom is -0.289 e. The number of carbonyl (C=O) groups is 4. The van der Waals surface area contributed by atoms with Gasteiger partial charge in [0.15, 0.2) is 5.78 Å². The highest BCUT2D eigenvalue weighted by atomic mass is 16.2. The van der Waals surface area contributed by atoms with Crippen molar-refractivity contribution in [2.45, 2.75) is 0 Å². The molecule has 4 rings (SSSR count). The van der Waals surface area contributed by atoms with Gasteiger partial charge < -0.3 is 0 Å². The van der Waals surface area contributed by atoms with Crippen molar-refractivity contribution in [1.82, 2.24) is 9.80 Å². The lowest BCUT2D eigenvalue weighted by molar-refractivity contribution is -0.134. The molecular formula is C20H14N2O4. The highest BCUT2D eigenvalue weighted by Gasteiger charge is 2.43. The van der Waals surface area contributed by atoms with E-state index in [1.54, 1.807) is 24.3 Å². The second-order valence-electron chi connectivity index (χ2n) is 6.18. The molecule has 6 heteroatoms. The summed E-state index contributed by atoms with van der Waals surface area (Å²) in [5.74, 6) is -1.93. The van der Waals surface area contributed by atoms with Crippen LogP contribution < -0.4 is 0 Å². The van der Waals surface area contributed by atoms with Gasteiger partial charge in [0.1, 0.15) is 5.57 Å². The molecule has 1 heterocycles. The molecule has 0 aromatic heterocycles. The van der Waals surface area contributed by atoms with Gasteiger partial charge in [0.25, 0.3) is 11.8 Å².